The summed E-state index contributed by atoms with van der Waals surface area (Å²) in [6, 6.07) is 7.53. The van der Waals surface area contributed by atoms with Crippen LogP contribution in [0.4, 0.5) is 0 Å². The van der Waals surface area contributed by atoms with Crippen molar-refractivity contribution in [2.24, 2.45) is 0 Å². The normalized spacial score (nSPS) is 17.4. The van der Waals surface area contributed by atoms with Crippen LogP contribution in [0, 0.1) is 0 Å². The van der Waals surface area contributed by atoms with Gasteiger partial charge in [0.2, 0.25) is 0 Å². The van der Waals surface area contributed by atoms with Crippen molar-refractivity contribution in [3.8, 4) is 5.75 Å². The molecule has 0 unspecified atom stereocenters. The molecule has 0 saturated heterocycles. The smallest absolute Gasteiger partial charge is 0.256 e. The van der Waals surface area contributed by atoms with Gasteiger partial charge >= 0.3 is 0 Å². The van der Waals surface area contributed by atoms with Crippen LogP contribution in [0.2, 0.25) is 0 Å². The molecule has 0 aromatic heterocycles. The Morgan fingerprint density at radius 2 is 2.15 bits per heavy atom. The van der Waals surface area contributed by atoms with Gasteiger partial charge in [0.05, 0.1) is 0 Å². The van der Waals surface area contributed by atoms with Gasteiger partial charge in [0.15, 0.2) is 5.75 Å². The molecule has 0 bridgehead atoms. The number of hydrogen-bond acceptors (Lipinski definition) is 2. The summed E-state index contributed by atoms with van der Waals surface area (Å²) in [5.41, 5.74) is 3.33. The maximum atomic E-state index is 11.0. The Hall–Kier alpha value is -1.77. The minimum Gasteiger partial charge on any atom is -0.379 e. The van der Waals surface area contributed by atoms with Crippen molar-refractivity contribution in [3.63, 3.8) is 0 Å². The van der Waals surface area contributed by atoms with Crippen molar-refractivity contribution in [2.75, 3.05) is 0 Å². The number of rotatable bonds is 0. The van der Waals surface area contributed by atoms with Crippen molar-refractivity contribution < 1.29 is 9.63 Å². The van der Waals surface area contributed by atoms with Gasteiger partial charge in [-0.2, -0.15) is 5.48 Å². The number of fused-ring (bicyclic) bond motifs is 1. The lowest BCUT2D eigenvalue weighted by Gasteiger charge is -2.10. The molecular weight excluding hydrogens is 166 g/mol. The van der Waals surface area contributed by atoms with E-state index in [2.05, 4.69) is 5.48 Å². The molecule has 1 amide bonds. The van der Waals surface area contributed by atoms with Gasteiger partial charge in [-0.15, -0.1) is 0 Å². The number of carbonyl (C=O) groups is 1. The van der Waals surface area contributed by atoms with Gasteiger partial charge < -0.3 is 4.84 Å². The fourth-order valence-electron chi connectivity index (χ4n) is 1.16. The zero-order valence-electron chi connectivity index (χ0n) is 6.99. The first kappa shape index (κ1) is 7.86. The molecule has 1 aromatic rings. The molecule has 0 fully saturated rings. The van der Waals surface area contributed by atoms with E-state index in [4.69, 9.17) is 4.84 Å². The van der Waals surface area contributed by atoms with Gasteiger partial charge in [-0.1, -0.05) is 30.4 Å². The first-order valence-corrected chi connectivity index (χ1v) is 4.07. The highest BCUT2D eigenvalue weighted by atomic mass is 16.7. The van der Waals surface area contributed by atoms with Crippen LogP contribution < -0.4 is 10.3 Å². The number of para-hydroxylation sites is 1. The summed E-state index contributed by atoms with van der Waals surface area (Å²) in [6.45, 7) is 0. The number of hydrogen-bond donors (Lipinski definition) is 1. The molecule has 2 rings (SSSR count). The molecular formula is C10H9NO2. The maximum Gasteiger partial charge on any atom is 0.256 e. The standard InChI is InChI=1S/C10H9NO2/c12-10-7-3-5-8-4-1-2-6-9(8)13-11-10/h1-6H,7H2,(H,11,12)/b5-3-. The lowest BCUT2D eigenvalue weighted by molar-refractivity contribution is -0.126. The minimum absolute atomic E-state index is 0.134. The average Bonchev–Trinajstić information content (AvgIpc) is 2.13. The summed E-state index contributed by atoms with van der Waals surface area (Å²) >= 11 is 0. The monoisotopic (exact) mass is 175 g/mol. The number of carbonyl (C=O) groups excluding carboxylic acids is 1. The Morgan fingerprint density at radius 3 is 3.08 bits per heavy atom. The van der Waals surface area contributed by atoms with Crippen LogP contribution in [-0.2, 0) is 4.79 Å². The van der Waals surface area contributed by atoms with Crippen LogP contribution in [-0.4, -0.2) is 5.91 Å². The zero-order valence-corrected chi connectivity index (χ0v) is 6.99. The van der Waals surface area contributed by atoms with Gasteiger partial charge in [0.25, 0.3) is 5.91 Å². The summed E-state index contributed by atoms with van der Waals surface area (Å²) in [5, 5.41) is 0. The predicted octanol–water partition coefficient (Wildman–Crippen LogP) is 1.51. The fraction of sp³-hybridized carbons (Fsp3) is 0.100. The fourth-order valence-corrected chi connectivity index (χ4v) is 1.16. The molecule has 1 heterocycles. The van der Waals surface area contributed by atoms with Crippen molar-refractivity contribution in [1.29, 1.82) is 0 Å². The second-order valence-electron chi connectivity index (χ2n) is 2.77. The quantitative estimate of drug-likeness (QED) is 0.649. The van der Waals surface area contributed by atoms with Crippen LogP contribution in [0.3, 0.4) is 0 Å². The highest BCUT2D eigenvalue weighted by molar-refractivity contribution is 5.78. The number of amides is 1. The maximum absolute atomic E-state index is 11.0. The highest BCUT2D eigenvalue weighted by Crippen LogP contribution is 2.19. The third kappa shape index (κ3) is 1.69. The van der Waals surface area contributed by atoms with E-state index in [1.807, 2.05) is 36.4 Å². The summed E-state index contributed by atoms with van der Waals surface area (Å²) in [4.78, 5) is 16.0. The number of benzene rings is 1. The minimum atomic E-state index is -0.134. The molecule has 0 atom stereocenters. The van der Waals surface area contributed by atoms with Crippen LogP contribution in [0.1, 0.15) is 12.0 Å². The molecule has 1 N–H and O–H groups in total. The Bertz CT molecular complexity index is 358. The van der Waals surface area contributed by atoms with Gasteiger partial charge in [-0.25, -0.2) is 0 Å². The van der Waals surface area contributed by atoms with Crippen molar-refractivity contribution in [2.45, 2.75) is 6.42 Å². The summed E-state index contributed by atoms with van der Waals surface area (Å²) < 4.78 is 0. The summed E-state index contributed by atoms with van der Waals surface area (Å²) in [6.07, 6.45) is 4.05. The van der Waals surface area contributed by atoms with Crippen molar-refractivity contribution in [1.82, 2.24) is 5.48 Å². The van der Waals surface area contributed by atoms with E-state index in [0.29, 0.717) is 12.2 Å². The van der Waals surface area contributed by atoms with E-state index in [-0.39, 0.29) is 5.91 Å². The first-order valence-electron chi connectivity index (χ1n) is 4.07. The lowest BCUT2D eigenvalue weighted by Crippen LogP contribution is -2.27. The largest absolute Gasteiger partial charge is 0.379 e. The molecule has 0 spiro atoms. The molecule has 0 radical (unpaired) electrons. The van der Waals surface area contributed by atoms with E-state index in [9.17, 15) is 4.79 Å². The van der Waals surface area contributed by atoms with E-state index in [0.717, 1.165) is 5.56 Å². The SMILES string of the molecule is O=C1C/C=C\c2ccccc2ON1. The Morgan fingerprint density at radius 1 is 1.31 bits per heavy atom. The molecule has 1 aromatic carbocycles. The Balaban J connectivity index is 2.36. The average molecular weight is 175 g/mol. The van der Waals surface area contributed by atoms with Gasteiger partial charge in [-0.05, 0) is 6.07 Å². The Labute approximate surface area is 76.0 Å². The molecule has 3 heteroatoms. The Kier molecular flexibility index (Phi) is 2.00. The lowest BCUT2D eigenvalue weighted by atomic mass is 10.1. The molecule has 1 aliphatic rings. The number of nitrogens with one attached hydrogen (secondary N) is 1. The third-order valence-electron chi connectivity index (χ3n) is 1.79. The molecule has 0 aliphatic carbocycles. The van der Waals surface area contributed by atoms with Crippen LogP contribution in [0.5, 0.6) is 5.75 Å². The molecule has 1 aliphatic heterocycles. The van der Waals surface area contributed by atoms with Crippen molar-refractivity contribution >= 4 is 12.0 Å². The van der Waals surface area contributed by atoms with Crippen LogP contribution in [0.15, 0.2) is 30.3 Å². The van der Waals surface area contributed by atoms with Crippen LogP contribution >= 0.6 is 0 Å². The van der Waals surface area contributed by atoms with Gasteiger partial charge in [0, 0.05) is 12.0 Å². The van der Waals surface area contributed by atoms with E-state index in [1.54, 1.807) is 0 Å². The van der Waals surface area contributed by atoms with Crippen molar-refractivity contribution in [3.05, 3.63) is 35.9 Å². The van der Waals surface area contributed by atoms with E-state index < -0.39 is 0 Å². The van der Waals surface area contributed by atoms with Gasteiger partial charge in [-0.3, -0.25) is 4.79 Å². The molecule has 3 nitrogen and oxygen atoms in total. The second-order valence-corrected chi connectivity index (χ2v) is 2.77. The number of hydroxylamine groups is 1. The zero-order chi connectivity index (χ0) is 9.10. The van der Waals surface area contributed by atoms with E-state index in [1.165, 1.54) is 0 Å². The third-order valence-corrected chi connectivity index (χ3v) is 1.79. The molecule has 66 valence electrons. The van der Waals surface area contributed by atoms with Gasteiger partial charge in [0.1, 0.15) is 0 Å². The first-order chi connectivity index (χ1) is 6.36. The second kappa shape index (κ2) is 3.31. The topological polar surface area (TPSA) is 38.3 Å². The summed E-state index contributed by atoms with van der Waals surface area (Å²) in [7, 11) is 0. The van der Waals surface area contributed by atoms with Crippen LogP contribution in [0.25, 0.3) is 6.08 Å². The van der Waals surface area contributed by atoms with E-state index >= 15 is 0 Å². The molecule has 0 saturated carbocycles. The highest BCUT2D eigenvalue weighted by Gasteiger charge is 2.05. The predicted molar refractivity (Wildman–Crippen MR) is 48.9 cm³/mol. The molecule has 13 heavy (non-hydrogen) atoms. The summed E-state index contributed by atoms with van der Waals surface area (Å²) in [5.74, 6) is 0.539.